The Morgan fingerprint density at radius 2 is 1.70 bits per heavy atom. The highest BCUT2D eigenvalue weighted by molar-refractivity contribution is 5.94. The Labute approximate surface area is 161 Å². The molecule has 6 heteroatoms. The number of halogens is 1. The molecule has 0 aliphatic carbocycles. The van der Waals surface area contributed by atoms with Crippen molar-refractivity contribution in [3.63, 3.8) is 0 Å². The molecule has 0 aromatic heterocycles. The fraction of sp³-hybridized carbons (Fsp3) is 0.619. The van der Waals surface area contributed by atoms with E-state index in [0.717, 1.165) is 18.8 Å². The molecule has 1 aliphatic rings. The van der Waals surface area contributed by atoms with Gasteiger partial charge in [-0.25, -0.2) is 9.18 Å². The molecule has 5 nitrogen and oxygen atoms in total. The summed E-state index contributed by atoms with van der Waals surface area (Å²) in [6.07, 6.45) is 5.89. The van der Waals surface area contributed by atoms with Crippen LogP contribution in [-0.2, 0) is 0 Å². The minimum absolute atomic E-state index is 0.0602. The number of carbonyl (C=O) groups excluding carboxylic acids is 2. The average Bonchev–Trinajstić information content (AvgIpc) is 2.66. The molecule has 0 spiro atoms. The van der Waals surface area contributed by atoms with Crippen LogP contribution in [0, 0.1) is 11.7 Å². The van der Waals surface area contributed by atoms with Gasteiger partial charge in [-0.1, -0.05) is 45.6 Å². The molecule has 1 fully saturated rings. The Hall–Kier alpha value is -2.11. The van der Waals surface area contributed by atoms with Gasteiger partial charge in [0.05, 0.1) is 0 Å². The molecule has 0 unspecified atom stereocenters. The van der Waals surface area contributed by atoms with Crippen LogP contribution in [0.2, 0.25) is 0 Å². The first kappa shape index (κ1) is 21.2. The Morgan fingerprint density at radius 1 is 1.04 bits per heavy atom. The molecule has 0 bridgehead atoms. The Bertz CT molecular complexity index is 613. The summed E-state index contributed by atoms with van der Waals surface area (Å²) in [6.45, 7) is 7.12. The molecule has 1 saturated heterocycles. The summed E-state index contributed by atoms with van der Waals surface area (Å²) >= 11 is 0. The number of hydrogen-bond acceptors (Lipinski definition) is 2. The quantitative estimate of drug-likeness (QED) is 0.699. The highest BCUT2D eigenvalue weighted by Gasteiger charge is 2.24. The largest absolute Gasteiger partial charge is 0.338 e. The third-order valence-corrected chi connectivity index (χ3v) is 4.91. The van der Waals surface area contributed by atoms with Crippen molar-refractivity contribution in [2.75, 3.05) is 32.7 Å². The third kappa shape index (κ3) is 7.19. The fourth-order valence-electron chi connectivity index (χ4n) is 3.25. The van der Waals surface area contributed by atoms with Crippen molar-refractivity contribution >= 4 is 11.9 Å². The number of rotatable bonds is 8. The van der Waals surface area contributed by atoms with Crippen LogP contribution in [-0.4, -0.2) is 54.5 Å². The van der Waals surface area contributed by atoms with Crippen molar-refractivity contribution in [3.8, 4) is 0 Å². The molecule has 1 aromatic carbocycles. The van der Waals surface area contributed by atoms with Crippen LogP contribution in [0.1, 0.15) is 56.3 Å². The first-order valence-corrected chi connectivity index (χ1v) is 10.0. The van der Waals surface area contributed by atoms with Crippen LogP contribution in [0.15, 0.2) is 24.3 Å². The van der Waals surface area contributed by atoms with E-state index in [2.05, 4.69) is 19.2 Å². The molecule has 0 radical (unpaired) electrons. The maximum atomic E-state index is 13.3. The van der Waals surface area contributed by atoms with E-state index in [9.17, 15) is 14.0 Å². The van der Waals surface area contributed by atoms with E-state index >= 15 is 0 Å². The maximum absolute atomic E-state index is 13.3. The number of unbranched alkanes of at least 4 members (excludes halogenated alkanes) is 3. The van der Waals surface area contributed by atoms with E-state index in [1.165, 1.54) is 37.5 Å². The monoisotopic (exact) mass is 377 g/mol. The van der Waals surface area contributed by atoms with E-state index in [1.54, 1.807) is 15.9 Å². The summed E-state index contributed by atoms with van der Waals surface area (Å²) in [6, 6.07) is 5.67. The lowest BCUT2D eigenvalue weighted by Gasteiger charge is -2.34. The first-order chi connectivity index (χ1) is 13.0. The smallest absolute Gasteiger partial charge is 0.317 e. The minimum Gasteiger partial charge on any atom is -0.338 e. The molecule has 1 heterocycles. The number of nitrogens with zero attached hydrogens (tertiary/aromatic N) is 2. The number of amides is 3. The van der Waals surface area contributed by atoms with Crippen molar-refractivity contribution in [1.82, 2.24) is 15.1 Å². The zero-order valence-electron chi connectivity index (χ0n) is 16.5. The normalized spacial score (nSPS) is 14.5. The zero-order chi connectivity index (χ0) is 19.6. The van der Waals surface area contributed by atoms with E-state index in [-0.39, 0.29) is 11.9 Å². The number of nitrogens with one attached hydrogen (secondary N) is 1. The number of urea groups is 1. The molecule has 2 rings (SSSR count). The molecule has 1 aromatic rings. The molecule has 1 N–H and O–H groups in total. The molecular weight excluding hydrogens is 345 g/mol. The Balaban J connectivity index is 1.63. The SMILES string of the molecule is CC(C)CCCCCCNC(=O)N1CCN(C(=O)c2cccc(F)c2)CC1. The summed E-state index contributed by atoms with van der Waals surface area (Å²) in [5.74, 6) is 0.162. The van der Waals surface area contributed by atoms with Gasteiger partial charge in [0.25, 0.3) is 5.91 Å². The van der Waals surface area contributed by atoms with Gasteiger partial charge in [0.2, 0.25) is 0 Å². The van der Waals surface area contributed by atoms with Crippen LogP contribution < -0.4 is 5.32 Å². The summed E-state index contributed by atoms with van der Waals surface area (Å²) < 4.78 is 13.3. The Morgan fingerprint density at radius 3 is 2.37 bits per heavy atom. The molecular formula is C21H32FN3O2. The lowest BCUT2D eigenvalue weighted by molar-refractivity contribution is 0.0664. The molecule has 0 saturated carbocycles. The summed E-state index contributed by atoms with van der Waals surface area (Å²) in [4.78, 5) is 28.1. The highest BCUT2D eigenvalue weighted by Crippen LogP contribution is 2.11. The van der Waals surface area contributed by atoms with Crippen molar-refractivity contribution in [2.24, 2.45) is 5.92 Å². The number of piperazine rings is 1. The van der Waals surface area contributed by atoms with Crippen LogP contribution in [0.5, 0.6) is 0 Å². The molecule has 3 amide bonds. The van der Waals surface area contributed by atoms with E-state index in [1.807, 2.05) is 0 Å². The highest BCUT2D eigenvalue weighted by atomic mass is 19.1. The summed E-state index contributed by atoms with van der Waals surface area (Å²) in [5, 5.41) is 2.97. The van der Waals surface area contributed by atoms with Gasteiger partial charge in [-0.3, -0.25) is 4.79 Å². The number of hydrogen-bond donors (Lipinski definition) is 1. The third-order valence-electron chi connectivity index (χ3n) is 4.91. The van der Waals surface area contributed by atoms with Crippen LogP contribution in [0.3, 0.4) is 0 Å². The molecule has 150 valence electrons. The van der Waals surface area contributed by atoms with Crippen LogP contribution in [0.25, 0.3) is 0 Å². The van der Waals surface area contributed by atoms with Gasteiger partial charge in [0.15, 0.2) is 0 Å². The lowest BCUT2D eigenvalue weighted by Crippen LogP contribution is -2.53. The van der Waals surface area contributed by atoms with Gasteiger partial charge in [0, 0.05) is 38.3 Å². The van der Waals surface area contributed by atoms with E-state index < -0.39 is 5.82 Å². The standard InChI is InChI=1S/C21H32FN3O2/c1-17(2)8-5-3-4-6-11-23-21(27)25-14-12-24(13-15-25)20(26)18-9-7-10-19(22)16-18/h7,9-10,16-17H,3-6,8,11-15H2,1-2H3,(H,23,27). The van der Waals surface area contributed by atoms with Gasteiger partial charge in [-0.15, -0.1) is 0 Å². The summed E-state index contributed by atoms with van der Waals surface area (Å²) in [7, 11) is 0. The van der Waals surface area contributed by atoms with Crippen molar-refractivity contribution in [2.45, 2.75) is 46.0 Å². The predicted molar refractivity (Wildman–Crippen MR) is 105 cm³/mol. The van der Waals surface area contributed by atoms with Crippen LogP contribution >= 0.6 is 0 Å². The zero-order valence-corrected chi connectivity index (χ0v) is 16.5. The van der Waals surface area contributed by atoms with Gasteiger partial charge < -0.3 is 15.1 Å². The second-order valence-electron chi connectivity index (χ2n) is 7.62. The van der Waals surface area contributed by atoms with Gasteiger partial charge in [0.1, 0.15) is 5.82 Å². The topological polar surface area (TPSA) is 52.7 Å². The van der Waals surface area contributed by atoms with Crippen molar-refractivity contribution < 1.29 is 14.0 Å². The second kappa shape index (κ2) is 10.9. The number of benzene rings is 1. The average molecular weight is 378 g/mol. The predicted octanol–water partition coefficient (Wildman–Crippen LogP) is 3.90. The van der Waals surface area contributed by atoms with E-state index in [0.29, 0.717) is 38.3 Å². The van der Waals surface area contributed by atoms with Gasteiger partial charge in [-0.2, -0.15) is 0 Å². The second-order valence-corrected chi connectivity index (χ2v) is 7.62. The summed E-state index contributed by atoms with van der Waals surface area (Å²) in [5.41, 5.74) is 0.352. The van der Waals surface area contributed by atoms with Crippen molar-refractivity contribution in [1.29, 1.82) is 0 Å². The molecule has 1 aliphatic heterocycles. The van der Waals surface area contributed by atoms with Crippen molar-refractivity contribution in [3.05, 3.63) is 35.6 Å². The van der Waals surface area contributed by atoms with Gasteiger partial charge >= 0.3 is 6.03 Å². The van der Waals surface area contributed by atoms with Gasteiger partial charge in [-0.05, 0) is 30.5 Å². The first-order valence-electron chi connectivity index (χ1n) is 10.0. The van der Waals surface area contributed by atoms with Crippen LogP contribution in [0.4, 0.5) is 9.18 Å². The maximum Gasteiger partial charge on any atom is 0.317 e. The number of carbonyl (C=O) groups is 2. The minimum atomic E-state index is -0.414. The van der Waals surface area contributed by atoms with E-state index in [4.69, 9.17) is 0 Å². The molecule has 0 atom stereocenters. The Kier molecular flexibility index (Phi) is 8.55. The molecule has 27 heavy (non-hydrogen) atoms. The fourth-order valence-corrected chi connectivity index (χ4v) is 3.25. The lowest BCUT2D eigenvalue weighted by atomic mass is 10.0.